The van der Waals surface area contributed by atoms with Crippen LogP contribution >= 0.6 is 0 Å². The second kappa shape index (κ2) is 7.73. The van der Waals surface area contributed by atoms with E-state index >= 15 is 0 Å². The molecule has 1 unspecified atom stereocenters. The summed E-state index contributed by atoms with van der Waals surface area (Å²) in [5.74, 6) is 1.46. The van der Waals surface area contributed by atoms with Gasteiger partial charge in [0.2, 0.25) is 0 Å². The van der Waals surface area contributed by atoms with Crippen LogP contribution in [0.1, 0.15) is 55.0 Å². The minimum Gasteiger partial charge on any atom is -0.342 e. The van der Waals surface area contributed by atoms with Crippen molar-refractivity contribution in [1.82, 2.24) is 14.9 Å². The molecule has 136 valence electrons. The highest BCUT2D eigenvalue weighted by atomic mass is 16.1. The van der Waals surface area contributed by atoms with E-state index in [4.69, 9.17) is 4.98 Å². The molecule has 0 saturated carbocycles. The summed E-state index contributed by atoms with van der Waals surface area (Å²) in [7, 11) is 0. The van der Waals surface area contributed by atoms with Crippen LogP contribution in [-0.4, -0.2) is 15.5 Å². The minimum atomic E-state index is -0.164. The van der Waals surface area contributed by atoms with Gasteiger partial charge in [0.15, 0.2) is 0 Å². The van der Waals surface area contributed by atoms with E-state index in [1.54, 1.807) is 0 Å². The molecule has 0 aliphatic carbocycles. The van der Waals surface area contributed by atoms with Gasteiger partial charge in [0.25, 0.3) is 5.91 Å². The molecule has 1 atom stereocenters. The number of para-hydroxylation sites is 2. The quantitative estimate of drug-likeness (QED) is 0.689. The van der Waals surface area contributed by atoms with Crippen molar-refractivity contribution in [3.63, 3.8) is 0 Å². The van der Waals surface area contributed by atoms with Crippen molar-refractivity contribution in [2.45, 2.75) is 46.7 Å². The van der Waals surface area contributed by atoms with E-state index in [0.717, 1.165) is 35.4 Å². The number of benzene rings is 2. The molecule has 26 heavy (non-hydrogen) atoms. The number of imidazole rings is 1. The number of carbonyl (C=O) groups excluding carboxylic acids is 1. The number of carbonyl (C=O) groups is 1. The number of amides is 1. The van der Waals surface area contributed by atoms with Gasteiger partial charge in [-0.25, -0.2) is 4.98 Å². The molecule has 0 aliphatic heterocycles. The smallest absolute Gasteiger partial charge is 0.251 e. The van der Waals surface area contributed by atoms with Gasteiger partial charge in [-0.3, -0.25) is 4.79 Å². The van der Waals surface area contributed by atoms with E-state index in [0.29, 0.717) is 11.5 Å². The summed E-state index contributed by atoms with van der Waals surface area (Å²) < 4.78 is 2.25. The highest BCUT2D eigenvalue weighted by Gasteiger charge is 2.19. The summed E-state index contributed by atoms with van der Waals surface area (Å²) in [6.07, 6.45) is 1.08. The second-order valence-electron chi connectivity index (χ2n) is 7.36. The molecule has 0 spiro atoms. The summed E-state index contributed by atoms with van der Waals surface area (Å²) in [6.45, 7) is 9.34. The van der Waals surface area contributed by atoms with Gasteiger partial charge >= 0.3 is 0 Å². The van der Waals surface area contributed by atoms with Crippen LogP contribution in [-0.2, 0) is 6.54 Å². The molecule has 3 rings (SSSR count). The van der Waals surface area contributed by atoms with Crippen LogP contribution in [0.2, 0.25) is 0 Å². The Morgan fingerprint density at radius 1 is 1.12 bits per heavy atom. The van der Waals surface area contributed by atoms with Crippen LogP contribution in [0, 0.1) is 12.8 Å². The number of rotatable bonds is 6. The van der Waals surface area contributed by atoms with Gasteiger partial charge in [0, 0.05) is 12.1 Å². The molecule has 1 heterocycles. The Morgan fingerprint density at radius 2 is 1.88 bits per heavy atom. The molecule has 4 nitrogen and oxygen atoms in total. The average molecular weight is 349 g/mol. The number of aromatic nitrogens is 2. The molecule has 1 aromatic heterocycles. The SMILES string of the molecule is Cc1cccc(C(=O)NC(C)c2nc3ccccc3n2CCC(C)C)c1. The third-order valence-corrected chi connectivity index (χ3v) is 4.63. The van der Waals surface area contributed by atoms with E-state index < -0.39 is 0 Å². The summed E-state index contributed by atoms with van der Waals surface area (Å²) >= 11 is 0. The Bertz CT molecular complexity index is 911. The Balaban J connectivity index is 1.88. The predicted octanol–water partition coefficient (Wildman–Crippen LogP) is 4.88. The lowest BCUT2D eigenvalue weighted by Gasteiger charge is -2.17. The first-order valence-corrected chi connectivity index (χ1v) is 9.28. The van der Waals surface area contributed by atoms with E-state index in [-0.39, 0.29) is 11.9 Å². The van der Waals surface area contributed by atoms with Crippen LogP contribution in [0.3, 0.4) is 0 Å². The minimum absolute atomic E-state index is 0.0661. The number of hydrogen-bond acceptors (Lipinski definition) is 2. The zero-order valence-electron chi connectivity index (χ0n) is 16.0. The number of hydrogen-bond donors (Lipinski definition) is 1. The molecule has 0 saturated heterocycles. The normalized spacial score (nSPS) is 12.5. The molecule has 0 bridgehead atoms. The lowest BCUT2D eigenvalue weighted by atomic mass is 10.1. The zero-order chi connectivity index (χ0) is 18.7. The molecular formula is C22H27N3O. The van der Waals surface area contributed by atoms with Crippen LogP contribution in [0.15, 0.2) is 48.5 Å². The Labute approximate surface area is 155 Å². The maximum absolute atomic E-state index is 12.6. The van der Waals surface area contributed by atoms with E-state index in [1.807, 2.05) is 56.3 Å². The summed E-state index contributed by atoms with van der Waals surface area (Å²) in [5.41, 5.74) is 3.86. The van der Waals surface area contributed by atoms with Crippen molar-refractivity contribution < 1.29 is 4.79 Å². The summed E-state index contributed by atoms with van der Waals surface area (Å²) in [4.78, 5) is 17.4. The Hall–Kier alpha value is -2.62. The van der Waals surface area contributed by atoms with Crippen molar-refractivity contribution in [1.29, 1.82) is 0 Å². The van der Waals surface area contributed by atoms with Gasteiger partial charge < -0.3 is 9.88 Å². The molecule has 0 fully saturated rings. The maximum atomic E-state index is 12.6. The predicted molar refractivity (Wildman–Crippen MR) is 106 cm³/mol. The fourth-order valence-electron chi connectivity index (χ4n) is 3.18. The van der Waals surface area contributed by atoms with Crippen LogP contribution in [0.4, 0.5) is 0 Å². The fourth-order valence-corrected chi connectivity index (χ4v) is 3.18. The van der Waals surface area contributed by atoms with E-state index in [1.165, 1.54) is 0 Å². The zero-order valence-corrected chi connectivity index (χ0v) is 16.0. The number of nitrogens with zero attached hydrogens (tertiary/aromatic N) is 2. The van der Waals surface area contributed by atoms with Crippen molar-refractivity contribution in [2.75, 3.05) is 0 Å². The summed E-state index contributed by atoms with van der Waals surface area (Å²) in [6, 6.07) is 15.7. The number of fused-ring (bicyclic) bond motifs is 1. The highest BCUT2D eigenvalue weighted by Crippen LogP contribution is 2.22. The first-order valence-electron chi connectivity index (χ1n) is 9.28. The highest BCUT2D eigenvalue weighted by molar-refractivity contribution is 5.94. The van der Waals surface area contributed by atoms with Crippen molar-refractivity contribution in [3.05, 3.63) is 65.5 Å². The molecule has 4 heteroatoms. The first-order chi connectivity index (χ1) is 12.5. The van der Waals surface area contributed by atoms with Gasteiger partial charge in [0.05, 0.1) is 17.1 Å². The average Bonchev–Trinajstić information content (AvgIpc) is 2.98. The second-order valence-corrected chi connectivity index (χ2v) is 7.36. The fraction of sp³-hybridized carbons (Fsp3) is 0.364. The monoisotopic (exact) mass is 349 g/mol. The topological polar surface area (TPSA) is 46.9 Å². The molecular weight excluding hydrogens is 322 g/mol. The molecule has 0 aliphatic rings. The first kappa shape index (κ1) is 18.2. The largest absolute Gasteiger partial charge is 0.342 e. The maximum Gasteiger partial charge on any atom is 0.251 e. The molecule has 2 aromatic carbocycles. The lowest BCUT2D eigenvalue weighted by Crippen LogP contribution is -2.29. The van der Waals surface area contributed by atoms with Gasteiger partial charge in [-0.15, -0.1) is 0 Å². The summed E-state index contributed by atoms with van der Waals surface area (Å²) in [5, 5.41) is 3.11. The van der Waals surface area contributed by atoms with Crippen LogP contribution in [0.25, 0.3) is 11.0 Å². The van der Waals surface area contributed by atoms with Crippen LogP contribution < -0.4 is 5.32 Å². The van der Waals surface area contributed by atoms with E-state index in [2.05, 4.69) is 29.8 Å². The molecule has 1 N–H and O–H groups in total. The van der Waals surface area contributed by atoms with Gasteiger partial charge in [-0.05, 0) is 50.5 Å². The third-order valence-electron chi connectivity index (χ3n) is 4.63. The van der Waals surface area contributed by atoms with Crippen molar-refractivity contribution >= 4 is 16.9 Å². The van der Waals surface area contributed by atoms with Crippen LogP contribution in [0.5, 0.6) is 0 Å². The van der Waals surface area contributed by atoms with E-state index in [9.17, 15) is 4.79 Å². The molecule has 1 amide bonds. The van der Waals surface area contributed by atoms with Gasteiger partial charge in [-0.2, -0.15) is 0 Å². The number of nitrogens with one attached hydrogen (secondary N) is 1. The standard InChI is InChI=1S/C22H27N3O/c1-15(2)12-13-25-20-11-6-5-10-19(20)24-21(25)17(4)23-22(26)18-9-7-8-16(3)14-18/h5-11,14-15,17H,12-13H2,1-4H3,(H,23,26). The van der Waals surface area contributed by atoms with Gasteiger partial charge in [0.1, 0.15) is 5.82 Å². The number of aryl methyl sites for hydroxylation is 2. The molecule has 0 radical (unpaired) electrons. The third kappa shape index (κ3) is 3.96. The Kier molecular flexibility index (Phi) is 5.40. The van der Waals surface area contributed by atoms with Crippen molar-refractivity contribution in [3.8, 4) is 0 Å². The van der Waals surface area contributed by atoms with Crippen molar-refractivity contribution in [2.24, 2.45) is 5.92 Å². The molecule has 3 aromatic rings. The van der Waals surface area contributed by atoms with Gasteiger partial charge in [-0.1, -0.05) is 43.7 Å². The lowest BCUT2D eigenvalue weighted by molar-refractivity contribution is 0.0937. The Morgan fingerprint density at radius 3 is 2.62 bits per heavy atom.